The van der Waals surface area contributed by atoms with Gasteiger partial charge < -0.3 is 19.4 Å². The average molecular weight is 1400 g/mol. The molecule has 16 aromatic carbocycles. The fourth-order valence-electron chi connectivity index (χ4n) is 19.5. The van der Waals surface area contributed by atoms with Gasteiger partial charge in [-0.2, -0.15) is 0 Å². The lowest BCUT2D eigenvalue weighted by Crippen LogP contribution is -2.64. The van der Waals surface area contributed by atoms with Crippen LogP contribution in [0.1, 0.15) is 81.8 Å². The first-order valence-electron chi connectivity index (χ1n) is 40.6. The lowest BCUT2D eigenvalue weighted by molar-refractivity contribution is 0.488. The predicted octanol–water partition coefficient (Wildman–Crippen LogP) is 22.9. The van der Waals surface area contributed by atoms with Gasteiger partial charge in [-0.15, -0.1) is 0 Å². The number of hydrogen-bond donors (Lipinski definition) is 0. The van der Waals surface area contributed by atoms with E-state index in [0.717, 1.165) is 134 Å². The molecule has 0 saturated heterocycles. The Labute approximate surface area is 645 Å². The van der Waals surface area contributed by atoms with Gasteiger partial charge in [0.05, 0.1) is 23.6 Å². The molecule has 0 amide bonds. The predicted molar refractivity (Wildman–Crippen MR) is 459 cm³/mol. The first-order chi connectivity index (χ1) is 55.4. The highest BCUT2D eigenvalue weighted by Gasteiger charge is 2.54. The first-order valence-corrected chi connectivity index (χ1v) is 38.1. The van der Waals surface area contributed by atoms with Crippen molar-refractivity contribution in [2.75, 3.05) is 14.7 Å². The zero-order valence-corrected chi connectivity index (χ0v) is 61.4. The van der Waals surface area contributed by atoms with E-state index in [-0.39, 0.29) is 54.0 Å². The molecule has 0 fully saturated rings. The molecule has 6 heteroatoms. The Balaban J connectivity index is 0.807. The van der Waals surface area contributed by atoms with Gasteiger partial charge in [-0.1, -0.05) is 308 Å². The molecule has 0 atom stereocenters. The SMILES string of the molecule is [2H]c1c([2H])c([2H])c(-c2ccc(N3c4cc5c(cc4B4c6ccccc6N(c6c(-c7ccccc7)cc(C(C)(C)C)cc6-c6ccccc6)c6cc(C(C)(C)C)cc3c64)B3c4ccccc4N(c4ccccc4)c4c3c(cc3cc(-c6cccc7c6C6(c8ccccc8-c8ccccc86)c6ccccc6-7)ccc43)O5)cc2)c([2H])c1[2H]. The van der Waals surface area contributed by atoms with Crippen molar-refractivity contribution in [1.82, 2.24) is 0 Å². The minimum absolute atomic E-state index is 0.151. The number of ether oxygens (including phenoxy) is 1. The van der Waals surface area contributed by atoms with Crippen molar-refractivity contribution >= 4 is 108 Å². The van der Waals surface area contributed by atoms with E-state index < -0.39 is 11.5 Å². The molecule has 4 nitrogen and oxygen atoms in total. The number of rotatable bonds is 7. The Kier molecular flexibility index (Phi) is 12.6. The molecular weight excluding hydrogens is 1320 g/mol. The van der Waals surface area contributed by atoms with E-state index in [0.29, 0.717) is 5.56 Å². The minimum atomic E-state index is -0.564. The fraction of sp³-hybridized carbons (Fsp3) is 0.0874. The van der Waals surface area contributed by atoms with Crippen molar-refractivity contribution in [2.24, 2.45) is 0 Å². The number of benzene rings is 16. The van der Waals surface area contributed by atoms with E-state index in [2.05, 4.69) is 360 Å². The van der Waals surface area contributed by atoms with Crippen molar-refractivity contribution in [3.8, 4) is 78.3 Å². The molecule has 2 aliphatic carbocycles. The van der Waals surface area contributed by atoms with Crippen molar-refractivity contribution in [3.63, 3.8) is 0 Å². The van der Waals surface area contributed by atoms with Gasteiger partial charge >= 0.3 is 0 Å². The Morgan fingerprint density at radius 2 is 0.807 bits per heavy atom. The maximum atomic E-state index is 9.21. The van der Waals surface area contributed by atoms with E-state index in [1.54, 1.807) is 0 Å². The zero-order valence-electron chi connectivity index (χ0n) is 66.4. The molecule has 0 aromatic heterocycles. The van der Waals surface area contributed by atoms with Crippen LogP contribution < -0.4 is 52.2 Å². The van der Waals surface area contributed by atoms with Crippen LogP contribution in [0, 0.1) is 0 Å². The molecule has 0 bridgehead atoms. The summed E-state index contributed by atoms with van der Waals surface area (Å²) in [5, 5.41) is 2.16. The van der Waals surface area contributed by atoms with Gasteiger partial charge in [0.15, 0.2) is 0 Å². The Morgan fingerprint density at radius 1 is 0.312 bits per heavy atom. The van der Waals surface area contributed by atoms with Crippen LogP contribution in [-0.2, 0) is 16.2 Å². The quantitative estimate of drug-likeness (QED) is 0.148. The van der Waals surface area contributed by atoms with E-state index in [9.17, 15) is 2.74 Å². The van der Waals surface area contributed by atoms with Gasteiger partial charge in [0.2, 0.25) is 0 Å². The van der Waals surface area contributed by atoms with Crippen LogP contribution in [0.5, 0.6) is 11.5 Å². The van der Waals surface area contributed by atoms with Crippen molar-refractivity contribution < 1.29 is 11.6 Å². The summed E-state index contributed by atoms with van der Waals surface area (Å²) in [4.78, 5) is 7.49. The lowest BCUT2D eigenvalue weighted by atomic mass is 9.30. The molecule has 0 unspecified atom stereocenters. The summed E-state index contributed by atoms with van der Waals surface area (Å²) < 4.78 is 52.5. The fourth-order valence-corrected chi connectivity index (χ4v) is 19.5. The van der Waals surface area contributed by atoms with Gasteiger partial charge in [0.25, 0.3) is 13.4 Å². The second-order valence-electron chi connectivity index (χ2n) is 32.2. The summed E-state index contributed by atoms with van der Waals surface area (Å²) in [6.45, 7) is 13.2. The van der Waals surface area contributed by atoms with Crippen LogP contribution in [0.15, 0.2) is 346 Å². The maximum Gasteiger partial charge on any atom is 0.256 e. The van der Waals surface area contributed by atoms with E-state index >= 15 is 0 Å². The number of anilines is 9. The Morgan fingerprint density at radius 3 is 1.42 bits per heavy atom. The van der Waals surface area contributed by atoms with E-state index in [1.807, 2.05) is 12.1 Å². The molecule has 514 valence electrons. The van der Waals surface area contributed by atoms with E-state index in [1.165, 1.54) is 61.1 Å². The smallest absolute Gasteiger partial charge is 0.256 e. The summed E-state index contributed by atoms with van der Waals surface area (Å²) in [7, 11) is 0. The number of para-hydroxylation sites is 3. The highest BCUT2D eigenvalue weighted by Crippen LogP contribution is 2.65. The van der Waals surface area contributed by atoms with E-state index in [4.69, 9.17) is 8.85 Å². The third kappa shape index (κ3) is 9.22. The van der Waals surface area contributed by atoms with Crippen LogP contribution in [0.4, 0.5) is 51.2 Å². The third-order valence-electron chi connectivity index (χ3n) is 24.2. The summed E-state index contributed by atoms with van der Waals surface area (Å²) in [5.41, 5.74) is 34.8. The van der Waals surface area contributed by atoms with Crippen LogP contribution in [0.2, 0.25) is 0 Å². The van der Waals surface area contributed by atoms with Crippen LogP contribution in [-0.4, -0.2) is 13.4 Å². The molecule has 22 rings (SSSR count). The monoisotopic (exact) mass is 1400 g/mol. The van der Waals surface area contributed by atoms with Crippen molar-refractivity contribution in [1.29, 1.82) is 0 Å². The first kappa shape index (κ1) is 58.3. The summed E-state index contributed by atoms with van der Waals surface area (Å²) >= 11 is 0. The molecular formula is C103H75B2N3O. The van der Waals surface area contributed by atoms with Crippen molar-refractivity contribution in [3.05, 3.63) is 379 Å². The summed E-state index contributed by atoms with van der Waals surface area (Å²) in [5.74, 6) is 1.53. The summed E-state index contributed by atoms with van der Waals surface area (Å²) in [6.07, 6.45) is 0. The number of fused-ring (bicyclic) bond motifs is 20. The number of hydrogen-bond acceptors (Lipinski definition) is 4. The molecule has 1 spiro atoms. The van der Waals surface area contributed by atoms with Crippen molar-refractivity contribution in [2.45, 2.75) is 57.8 Å². The Hall–Kier alpha value is -12.9. The molecule has 0 N–H and O–H groups in total. The zero-order chi connectivity index (χ0) is 77.1. The van der Waals surface area contributed by atoms with Gasteiger partial charge in [-0.05, 0) is 211 Å². The van der Waals surface area contributed by atoms with Gasteiger partial charge in [0.1, 0.15) is 11.5 Å². The second kappa shape index (κ2) is 23.6. The normalized spacial score (nSPS) is 14.7. The third-order valence-corrected chi connectivity index (χ3v) is 24.2. The lowest BCUT2D eigenvalue weighted by Gasteiger charge is -2.46. The van der Waals surface area contributed by atoms with Gasteiger partial charge in [-0.3, -0.25) is 0 Å². The molecule has 109 heavy (non-hydrogen) atoms. The molecule has 0 radical (unpaired) electrons. The van der Waals surface area contributed by atoms with Gasteiger partial charge in [0, 0.05) is 62.4 Å². The second-order valence-corrected chi connectivity index (χ2v) is 32.2. The molecule has 4 heterocycles. The number of nitrogens with zero attached hydrogens (tertiary/aromatic N) is 3. The van der Waals surface area contributed by atoms with Crippen LogP contribution in [0.25, 0.3) is 77.5 Å². The molecule has 6 aliphatic rings. The minimum Gasteiger partial charge on any atom is -0.458 e. The molecule has 0 saturated carbocycles. The Bertz CT molecular complexity index is 6680. The largest absolute Gasteiger partial charge is 0.458 e. The van der Waals surface area contributed by atoms with Crippen LogP contribution >= 0.6 is 0 Å². The van der Waals surface area contributed by atoms with Crippen LogP contribution in [0.3, 0.4) is 0 Å². The van der Waals surface area contributed by atoms with Gasteiger partial charge in [-0.25, -0.2) is 0 Å². The standard InChI is InChI=1S/C103H75B2N3O/c1-101(2,3)70-58-80(66-32-13-8-14-33-66)99(81(59-70)67-34-15-9-16-35-67)108-90-49-28-26-47-86(90)104-87-62-88-94(63-91(87)106(92-60-71(102(4,5)6)61-93(108)97(92)104)73-53-50-65(51-54-73)64-30-11-7-12-31-64)109-95-57-69-56-68(52-55-75(69)100-98(95)105(88)85-46-25-27-48-89(85)107(100)72-36-17-10-18-37-72)74-41-29-42-79-78-40-21-24-45-84(78)103(96(74)79)82-43-22-19-38-76(82)77-39-20-23-44-83(77)103/h7-63H,1-6H3/i7D,11D,12D,30D,31D. The highest BCUT2D eigenvalue weighted by atomic mass is 16.5. The maximum absolute atomic E-state index is 9.21. The topological polar surface area (TPSA) is 19.0 Å². The molecule has 16 aromatic rings. The molecule has 4 aliphatic heterocycles. The summed E-state index contributed by atoms with van der Waals surface area (Å²) in [6, 6.07) is 115. The highest BCUT2D eigenvalue weighted by molar-refractivity contribution is 7.02. The average Bonchev–Trinajstić information content (AvgIpc) is 1.38.